The standard InChI is InChI=1S/C17H17N3O2/c1-2-22-16-8-4-3-7-14(16)15-9-11-20(19-15)17(21)13-6-5-10-18-12-13/h3-8,10,12H,2,9,11H2,1H3. The minimum atomic E-state index is -0.128. The van der Waals surface area contributed by atoms with E-state index >= 15 is 0 Å². The number of ether oxygens (including phenoxy) is 1. The summed E-state index contributed by atoms with van der Waals surface area (Å²) in [5, 5.41) is 5.97. The number of hydrogen-bond acceptors (Lipinski definition) is 4. The maximum Gasteiger partial charge on any atom is 0.275 e. The fourth-order valence-electron chi connectivity index (χ4n) is 2.42. The first-order valence-corrected chi connectivity index (χ1v) is 7.31. The molecule has 1 amide bonds. The first-order chi connectivity index (χ1) is 10.8. The van der Waals surface area contributed by atoms with Crippen molar-refractivity contribution >= 4 is 11.6 Å². The Morgan fingerprint density at radius 3 is 2.91 bits per heavy atom. The van der Waals surface area contributed by atoms with Crippen LogP contribution in [-0.4, -0.2) is 34.8 Å². The van der Waals surface area contributed by atoms with Gasteiger partial charge in [0.1, 0.15) is 5.75 Å². The predicted octanol–water partition coefficient (Wildman–Crippen LogP) is 2.73. The van der Waals surface area contributed by atoms with Gasteiger partial charge in [-0.3, -0.25) is 9.78 Å². The van der Waals surface area contributed by atoms with E-state index in [-0.39, 0.29) is 5.91 Å². The summed E-state index contributed by atoms with van der Waals surface area (Å²) in [5.74, 6) is 0.677. The van der Waals surface area contributed by atoms with E-state index in [1.54, 1.807) is 24.5 Å². The number of pyridine rings is 1. The Hall–Kier alpha value is -2.69. The zero-order valence-electron chi connectivity index (χ0n) is 12.4. The largest absolute Gasteiger partial charge is 0.493 e. The Morgan fingerprint density at radius 2 is 2.14 bits per heavy atom. The van der Waals surface area contributed by atoms with Gasteiger partial charge in [-0.1, -0.05) is 12.1 Å². The number of benzene rings is 1. The summed E-state index contributed by atoms with van der Waals surface area (Å²) in [4.78, 5) is 16.4. The SMILES string of the molecule is CCOc1ccccc1C1=NN(C(=O)c2cccnc2)CC1. The summed E-state index contributed by atoms with van der Waals surface area (Å²) >= 11 is 0. The van der Waals surface area contributed by atoms with Gasteiger partial charge < -0.3 is 4.74 Å². The fraction of sp³-hybridized carbons (Fsp3) is 0.235. The van der Waals surface area contributed by atoms with Crippen LogP contribution in [0.5, 0.6) is 5.75 Å². The van der Waals surface area contributed by atoms with Crippen LogP contribution in [0.2, 0.25) is 0 Å². The van der Waals surface area contributed by atoms with Crippen molar-refractivity contribution in [3.8, 4) is 5.75 Å². The Labute approximate surface area is 129 Å². The zero-order chi connectivity index (χ0) is 15.4. The molecule has 112 valence electrons. The average molecular weight is 295 g/mol. The molecule has 0 radical (unpaired) electrons. The molecular weight excluding hydrogens is 278 g/mol. The maximum absolute atomic E-state index is 12.4. The smallest absolute Gasteiger partial charge is 0.275 e. The van der Waals surface area contributed by atoms with Crippen molar-refractivity contribution in [2.75, 3.05) is 13.2 Å². The van der Waals surface area contributed by atoms with Crippen molar-refractivity contribution in [3.63, 3.8) is 0 Å². The molecule has 0 aliphatic carbocycles. The van der Waals surface area contributed by atoms with Gasteiger partial charge in [-0.25, -0.2) is 5.01 Å². The molecule has 0 bridgehead atoms. The van der Waals surface area contributed by atoms with Crippen LogP contribution >= 0.6 is 0 Å². The highest BCUT2D eigenvalue weighted by Crippen LogP contribution is 2.24. The number of carbonyl (C=O) groups is 1. The molecule has 22 heavy (non-hydrogen) atoms. The summed E-state index contributed by atoms with van der Waals surface area (Å²) in [7, 11) is 0. The van der Waals surface area contributed by atoms with E-state index in [9.17, 15) is 4.79 Å². The lowest BCUT2D eigenvalue weighted by Gasteiger charge is -2.11. The summed E-state index contributed by atoms with van der Waals surface area (Å²) in [6.45, 7) is 3.12. The molecular formula is C17H17N3O2. The highest BCUT2D eigenvalue weighted by atomic mass is 16.5. The van der Waals surface area contributed by atoms with Crippen molar-refractivity contribution < 1.29 is 9.53 Å². The third-order valence-corrected chi connectivity index (χ3v) is 3.44. The van der Waals surface area contributed by atoms with Crippen LogP contribution in [-0.2, 0) is 0 Å². The van der Waals surface area contributed by atoms with Crippen LogP contribution in [0.1, 0.15) is 29.3 Å². The molecule has 0 fully saturated rings. The van der Waals surface area contributed by atoms with Gasteiger partial charge in [-0.2, -0.15) is 5.10 Å². The van der Waals surface area contributed by atoms with Gasteiger partial charge in [0.25, 0.3) is 5.91 Å². The molecule has 1 aromatic heterocycles. The maximum atomic E-state index is 12.4. The van der Waals surface area contributed by atoms with Crippen LogP contribution < -0.4 is 4.74 Å². The lowest BCUT2D eigenvalue weighted by atomic mass is 10.1. The summed E-state index contributed by atoms with van der Waals surface area (Å²) in [5.41, 5.74) is 2.37. The second kappa shape index (κ2) is 6.39. The van der Waals surface area contributed by atoms with E-state index in [1.165, 1.54) is 5.01 Å². The van der Waals surface area contributed by atoms with Gasteiger partial charge in [0.15, 0.2) is 0 Å². The monoisotopic (exact) mass is 295 g/mol. The number of hydrazone groups is 1. The predicted molar refractivity (Wildman–Crippen MR) is 84.0 cm³/mol. The Kier molecular flexibility index (Phi) is 4.14. The fourth-order valence-corrected chi connectivity index (χ4v) is 2.42. The number of nitrogens with zero attached hydrogens (tertiary/aromatic N) is 3. The Bertz CT molecular complexity index is 698. The highest BCUT2D eigenvalue weighted by molar-refractivity contribution is 6.06. The summed E-state index contributed by atoms with van der Waals surface area (Å²) in [6, 6.07) is 11.3. The molecule has 2 heterocycles. The van der Waals surface area contributed by atoms with Crippen molar-refractivity contribution in [2.45, 2.75) is 13.3 Å². The molecule has 1 aromatic carbocycles. The van der Waals surface area contributed by atoms with Gasteiger partial charge in [0, 0.05) is 24.4 Å². The van der Waals surface area contributed by atoms with E-state index in [2.05, 4.69) is 10.1 Å². The second-order valence-corrected chi connectivity index (χ2v) is 4.90. The van der Waals surface area contributed by atoms with E-state index in [4.69, 9.17) is 4.74 Å². The average Bonchev–Trinajstić information content (AvgIpc) is 3.05. The van der Waals surface area contributed by atoms with Crippen molar-refractivity contribution in [1.29, 1.82) is 0 Å². The summed E-state index contributed by atoms with van der Waals surface area (Å²) in [6.07, 6.45) is 3.92. The lowest BCUT2D eigenvalue weighted by molar-refractivity contribution is 0.0778. The first kappa shape index (κ1) is 14.3. The number of amides is 1. The third kappa shape index (κ3) is 2.83. The van der Waals surface area contributed by atoms with Gasteiger partial charge in [0.2, 0.25) is 0 Å². The van der Waals surface area contributed by atoms with Crippen LogP contribution in [0.4, 0.5) is 0 Å². The van der Waals surface area contributed by atoms with Crippen molar-refractivity contribution in [3.05, 3.63) is 59.9 Å². The van der Waals surface area contributed by atoms with Crippen molar-refractivity contribution in [1.82, 2.24) is 9.99 Å². The molecule has 0 saturated carbocycles. The Morgan fingerprint density at radius 1 is 1.27 bits per heavy atom. The topological polar surface area (TPSA) is 54.8 Å². The molecule has 3 rings (SSSR count). The van der Waals surface area contributed by atoms with Crippen LogP contribution in [0.15, 0.2) is 53.9 Å². The zero-order valence-corrected chi connectivity index (χ0v) is 12.4. The van der Waals surface area contributed by atoms with E-state index in [1.807, 2.05) is 31.2 Å². The van der Waals surface area contributed by atoms with E-state index < -0.39 is 0 Å². The molecule has 0 atom stereocenters. The molecule has 1 aliphatic heterocycles. The highest BCUT2D eigenvalue weighted by Gasteiger charge is 2.24. The molecule has 0 N–H and O–H groups in total. The molecule has 5 nitrogen and oxygen atoms in total. The molecule has 2 aromatic rings. The Balaban J connectivity index is 1.84. The van der Waals surface area contributed by atoms with Crippen LogP contribution in [0, 0.1) is 0 Å². The van der Waals surface area contributed by atoms with Crippen LogP contribution in [0.25, 0.3) is 0 Å². The second-order valence-electron chi connectivity index (χ2n) is 4.90. The number of rotatable bonds is 4. The van der Waals surface area contributed by atoms with Gasteiger partial charge in [-0.05, 0) is 31.2 Å². The van der Waals surface area contributed by atoms with E-state index in [0.29, 0.717) is 18.7 Å². The lowest BCUT2D eigenvalue weighted by Crippen LogP contribution is -2.23. The van der Waals surface area contributed by atoms with Crippen molar-refractivity contribution in [2.24, 2.45) is 5.10 Å². The minimum Gasteiger partial charge on any atom is -0.493 e. The number of hydrogen-bond donors (Lipinski definition) is 0. The molecule has 1 aliphatic rings. The molecule has 5 heteroatoms. The number of aromatic nitrogens is 1. The van der Waals surface area contributed by atoms with Gasteiger partial charge in [0.05, 0.1) is 24.4 Å². The van der Waals surface area contributed by atoms with Crippen LogP contribution in [0.3, 0.4) is 0 Å². The molecule has 0 saturated heterocycles. The quantitative estimate of drug-likeness (QED) is 0.871. The normalized spacial score (nSPS) is 13.9. The third-order valence-electron chi connectivity index (χ3n) is 3.44. The first-order valence-electron chi connectivity index (χ1n) is 7.31. The summed E-state index contributed by atoms with van der Waals surface area (Å²) < 4.78 is 5.64. The minimum absolute atomic E-state index is 0.128. The van der Waals surface area contributed by atoms with Gasteiger partial charge >= 0.3 is 0 Å². The van der Waals surface area contributed by atoms with E-state index in [0.717, 1.165) is 23.4 Å². The molecule has 0 spiro atoms. The van der Waals surface area contributed by atoms with Gasteiger partial charge in [-0.15, -0.1) is 0 Å². The molecule has 0 unspecified atom stereocenters. The number of para-hydroxylation sites is 1. The number of carbonyl (C=O) groups excluding carboxylic acids is 1.